The van der Waals surface area contributed by atoms with Gasteiger partial charge >= 0.3 is 5.97 Å². The van der Waals surface area contributed by atoms with Crippen LogP contribution in [0.25, 0.3) is 16.8 Å². The molecule has 26 heavy (non-hydrogen) atoms. The average molecular weight is 348 g/mol. The number of methoxy groups -OCH3 is 2. The lowest BCUT2D eigenvalue weighted by Crippen LogP contribution is -2.01. The Morgan fingerprint density at radius 1 is 0.923 bits per heavy atom. The number of rotatable bonds is 6. The molecule has 3 aromatic rings. The molecule has 4 heteroatoms. The quantitative estimate of drug-likeness (QED) is 0.482. The van der Waals surface area contributed by atoms with E-state index in [1.807, 2.05) is 54.6 Å². The zero-order valence-electron chi connectivity index (χ0n) is 14.8. The molecular formula is C22H20O4. The Bertz CT molecular complexity index is 939. The summed E-state index contributed by atoms with van der Waals surface area (Å²) >= 11 is 0. The SMILES string of the molecule is COc1cccc(/C=C/C(=O)OCc2cccc3ccccc23)c1OC. The summed E-state index contributed by atoms with van der Waals surface area (Å²) in [6.07, 6.45) is 3.05. The van der Waals surface area contributed by atoms with Crippen LogP contribution in [0.2, 0.25) is 0 Å². The van der Waals surface area contributed by atoms with Gasteiger partial charge in [0.05, 0.1) is 14.2 Å². The van der Waals surface area contributed by atoms with Crippen molar-refractivity contribution in [1.29, 1.82) is 0 Å². The van der Waals surface area contributed by atoms with E-state index in [1.54, 1.807) is 26.4 Å². The molecule has 0 bridgehead atoms. The van der Waals surface area contributed by atoms with Crippen LogP contribution in [-0.2, 0) is 16.1 Å². The fourth-order valence-corrected chi connectivity index (χ4v) is 2.82. The lowest BCUT2D eigenvalue weighted by atomic mass is 10.1. The normalized spacial score (nSPS) is 10.8. The molecule has 0 saturated carbocycles. The van der Waals surface area contributed by atoms with Gasteiger partial charge in [-0.1, -0.05) is 54.6 Å². The number of ether oxygens (including phenoxy) is 3. The largest absolute Gasteiger partial charge is 0.493 e. The number of esters is 1. The smallest absolute Gasteiger partial charge is 0.331 e. The summed E-state index contributed by atoms with van der Waals surface area (Å²) < 4.78 is 16.0. The predicted molar refractivity (Wildman–Crippen MR) is 102 cm³/mol. The first-order valence-corrected chi connectivity index (χ1v) is 8.25. The predicted octanol–water partition coefficient (Wildman–Crippen LogP) is 4.61. The van der Waals surface area contributed by atoms with E-state index >= 15 is 0 Å². The Balaban J connectivity index is 1.70. The molecule has 0 saturated heterocycles. The fraction of sp³-hybridized carbons (Fsp3) is 0.136. The standard InChI is InChI=1S/C22H20O4/c1-24-20-12-6-9-17(22(20)25-2)13-14-21(23)26-15-18-10-5-8-16-7-3-4-11-19(16)18/h3-14H,15H2,1-2H3/b14-13+. The Hall–Kier alpha value is -3.27. The van der Waals surface area contributed by atoms with Gasteiger partial charge in [0.2, 0.25) is 0 Å². The molecule has 0 heterocycles. The Kier molecular flexibility index (Phi) is 5.54. The molecule has 0 fully saturated rings. The second-order valence-electron chi connectivity index (χ2n) is 5.66. The van der Waals surface area contributed by atoms with Crippen molar-refractivity contribution >= 4 is 22.8 Å². The molecular weight excluding hydrogens is 328 g/mol. The van der Waals surface area contributed by atoms with Gasteiger partial charge in [0.1, 0.15) is 6.61 Å². The molecule has 0 spiro atoms. The molecule has 4 nitrogen and oxygen atoms in total. The number of carbonyl (C=O) groups excluding carboxylic acids is 1. The van der Waals surface area contributed by atoms with E-state index in [0.717, 1.165) is 21.9 Å². The summed E-state index contributed by atoms with van der Waals surface area (Å²) in [5.74, 6) is 0.773. The van der Waals surface area contributed by atoms with Gasteiger partial charge in [0.25, 0.3) is 0 Å². The van der Waals surface area contributed by atoms with E-state index < -0.39 is 5.97 Å². The van der Waals surface area contributed by atoms with Gasteiger partial charge in [-0.15, -0.1) is 0 Å². The number of fused-ring (bicyclic) bond motifs is 1. The molecule has 0 aliphatic carbocycles. The van der Waals surface area contributed by atoms with Crippen molar-refractivity contribution in [2.24, 2.45) is 0 Å². The zero-order valence-corrected chi connectivity index (χ0v) is 14.8. The van der Waals surface area contributed by atoms with Crippen LogP contribution < -0.4 is 9.47 Å². The molecule has 0 unspecified atom stereocenters. The number of para-hydroxylation sites is 1. The Morgan fingerprint density at radius 3 is 2.50 bits per heavy atom. The van der Waals surface area contributed by atoms with Crippen LogP contribution in [0.3, 0.4) is 0 Å². The Morgan fingerprint density at radius 2 is 1.69 bits per heavy atom. The topological polar surface area (TPSA) is 44.8 Å². The highest BCUT2D eigenvalue weighted by molar-refractivity contribution is 5.89. The molecule has 132 valence electrons. The lowest BCUT2D eigenvalue weighted by molar-refractivity contribution is -0.138. The van der Waals surface area contributed by atoms with Crippen LogP contribution in [-0.4, -0.2) is 20.2 Å². The van der Waals surface area contributed by atoms with Gasteiger partial charge in [-0.05, 0) is 28.5 Å². The first kappa shape index (κ1) is 17.5. The molecule has 0 N–H and O–H groups in total. The van der Waals surface area contributed by atoms with Crippen molar-refractivity contribution < 1.29 is 19.0 Å². The highest BCUT2D eigenvalue weighted by atomic mass is 16.5. The molecule has 0 radical (unpaired) electrons. The van der Waals surface area contributed by atoms with E-state index in [2.05, 4.69) is 0 Å². The fourth-order valence-electron chi connectivity index (χ4n) is 2.82. The maximum Gasteiger partial charge on any atom is 0.331 e. The van der Waals surface area contributed by atoms with Crippen LogP contribution in [0.1, 0.15) is 11.1 Å². The van der Waals surface area contributed by atoms with Crippen LogP contribution in [0, 0.1) is 0 Å². The third kappa shape index (κ3) is 3.86. The first-order valence-electron chi connectivity index (χ1n) is 8.25. The second-order valence-corrected chi connectivity index (χ2v) is 5.66. The van der Waals surface area contributed by atoms with Crippen LogP contribution in [0.4, 0.5) is 0 Å². The van der Waals surface area contributed by atoms with Gasteiger partial charge in [-0.3, -0.25) is 0 Å². The summed E-state index contributed by atoms with van der Waals surface area (Å²) in [6.45, 7) is 0.222. The molecule has 0 atom stereocenters. The summed E-state index contributed by atoms with van der Waals surface area (Å²) in [7, 11) is 3.14. The number of carbonyl (C=O) groups is 1. The van der Waals surface area contributed by atoms with Crippen LogP contribution in [0.5, 0.6) is 11.5 Å². The van der Waals surface area contributed by atoms with Crippen molar-refractivity contribution in [3.8, 4) is 11.5 Å². The summed E-state index contributed by atoms with van der Waals surface area (Å²) in [4.78, 5) is 12.1. The van der Waals surface area contributed by atoms with Crippen molar-refractivity contribution in [2.75, 3.05) is 14.2 Å². The average Bonchev–Trinajstić information content (AvgIpc) is 2.70. The lowest BCUT2D eigenvalue weighted by Gasteiger charge is -2.10. The van der Waals surface area contributed by atoms with E-state index in [4.69, 9.17) is 14.2 Å². The molecule has 0 aliphatic heterocycles. The van der Waals surface area contributed by atoms with Gasteiger partial charge < -0.3 is 14.2 Å². The highest BCUT2D eigenvalue weighted by Gasteiger charge is 2.08. The number of benzene rings is 3. The van der Waals surface area contributed by atoms with E-state index in [1.165, 1.54) is 6.08 Å². The molecule has 0 aromatic heterocycles. The minimum Gasteiger partial charge on any atom is -0.493 e. The number of hydrogen-bond donors (Lipinski definition) is 0. The van der Waals surface area contributed by atoms with Crippen molar-refractivity contribution in [1.82, 2.24) is 0 Å². The van der Waals surface area contributed by atoms with Crippen LogP contribution in [0.15, 0.2) is 66.7 Å². The van der Waals surface area contributed by atoms with E-state index in [-0.39, 0.29) is 6.61 Å². The molecule has 3 aromatic carbocycles. The third-order valence-corrected chi connectivity index (χ3v) is 4.08. The third-order valence-electron chi connectivity index (χ3n) is 4.08. The number of hydrogen-bond acceptors (Lipinski definition) is 4. The minimum absolute atomic E-state index is 0.222. The van der Waals surface area contributed by atoms with E-state index in [9.17, 15) is 4.79 Å². The zero-order chi connectivity index (χ0) is 18.4. The molecule has 3 rings (SSSR count). The molecule has 0 amide bonds. The van der Waals surface area contributed by atoms with Gasteiger partial charge in [-0.2, -0.15) is 0 Å². The molecule has 0 aliphatic rings. The second kappa shape index (κ2) is 8.21. The van der Waals surface area contributed by atoms with Crippen molar-refractivity contribution in [3.63, 3.8) is 0 Å². The van der Waals surface area contributed by atoms with Crippen LogP contribution >= 0.6 is 0 Å². The Labute approximate surface area is 152 Å². The summed E-state index contributed by atoms with van der Waals surface area (Å²) in [5, 5.41) is 2.21. The maximum absolute atomic E-state index is 12.1. The highest BCUT2D eigenvalue weighted by Crippen LogP contribution is 2.31. The van der Waals surface area contributed by atoms with Gasteiger partial charge in [0, 0.05) is 11.6 Å². The van der Waals surface area contributed by atoms with Crippen molar-refractivity contribution in [3.05, 3.63) is 77.9 Å². The maximum atomic E-state index is 12.1. The summed E-state index contributed by atoms with van der Waals surface area (Å²) in [6, 6.07) is 19.5. The first-order chi connectivity index (χ1) is 12.7. The van der Waals surface area contributed by atoms with Gasteiger partial charge in [0.15, 0.2) is 11.5 Å². The van der Waals surface area contributed by atoms with Gasteiger partial charge in [-0.25, -0.2) is 4.79 Å². The van der Waals surface area contributed by atoms with E-state index in [0.29, 0.717) is 11.5 Å². The monoisotopic (exact) mass is 348 g/mol. The summed E-state index contributed by atoms with van der Waals surface area (Å²) in [5.41, 5.74) is 1.72. The van der Waals surface area contributed by atoms with Crippen molar-refractivity contribution in [2.45, 2.75) is 6.61 Å². The minimum atomic E-state index is -0.414.